The highest BCUT2D eigenvalue weighted by Gasteiger charge is 2.24. The van der Waals surface area contributed by atoms with Crippen LogP contribution < -0.4 is 0 Å². The van der Waals surface area contributed by atoms with E-state index in [0.717, 1.165) is 0 Å². The quantitative estimate of drug-likeness (QED) is 0.455. The fourth-order valence-electron chi connectivity index (χ4n) is 3.63. The maximum Gasteiger partial charge on any atom is 0.0160 e. The van der Waals surface area contributed by atoms with E-state index in [-0.39, 0.29) is 0 Å². The first-order valence-corrected chi connectivity index (χ1v) is 10.1. The van der Waals surface area contributed by atoms with Gasteiger partial charge in [-0.25, -0.2) is 0 Å². The van der Waals surface area contributed by atoms with Crippen molar-refractivity contribution in [2.45, 2.75) is 74.0 Å². The van der Waals surface area contributed by atoms with Crippen molar-refractivity contribution in [3.8, 4) is 0 Å². The Labute approximate surface area is 145 Å². The van der Waals surface area contributed by atoms with Crippen molar-refractivity contribution in [3.63, 3.8) is 0 Å². The van der Waals surface area contributed by atoms with E-state index in [0.29, 0.717) is 5.92 Å². The van der Waals surface area contributed by atoms with E-state index >= 15 is 0 Å². The Morgan fingerprint density at radius 1 is 0.696 bits per heavy atom. The molecule has 2 aromatic carbocycles. The van der Waals surface area contributed by atoms with Gasteiger partial charge in [0.1, 0.15) is 0 Å². The van der Waals surface area contributed by atoms with Crippen molar-refractivity contribution in [1.29, 1.82) is 0 Å². The molecule has 0 spiro atoms. The van der Waals surface area contributed by atoms with E-state index in [9.17, 15) is 0 Å². The summed E-state index contributed by atoms with van der Waals surface area (Å²) in [5, 5.41) is 0. The molecule has 2 aromatic rings. The number of hydrogen-bond acceptors (Lipinski definition) is 1. The van der Waals surface area contributed by atoms with Gasteiger partial charge in [0, 0.05) is 15.7 Å². The second-order valence-corrected chi connectivity index (χ2v) is 7.72. The molecule has 3 rings (SSSR count). The maximum absolute atomic E-state index is 2.34. The molecule has 1 aliphatic heterocycles. The van der Waals surface area contributed by atoms with Crippen molar-refractivity contribution >= 4 is 11.8 Å². The summed E-state index contributed by atoms with van der Waals surface area (Å²) in [5.74, 6) is 0.597. The maximum atomic E-state index is 2.34. The van der Waals surface area contributed by atoms with Crippen LogP contribution in [0.4, 0.5) is 0 Å². The lowest BCUT2D eigenvalue weighted by atomic mass is 9.86. The highest BCUT2D eigenvalue weighted by molar-refractivity contribution is 7.99. The molecule has 0 radical (unpaired) electrons. The summed E-state index contributed by atoms with van der Waals surface area (Å²) < 4.78 is 0. The molecule has 0 aromatic heterocycles. The van der Waals surface area contributed by atoms with Gasteiger partial charge in [-0.2, -0.15) is 0 Å². The summed E-state index contributed by atoms with van der Waals surface area (Å²) in [4.78, 5) is 2.92. The SMILES string of the molecule is CCCCCCCCCC1c2ccccc2Sc2ccccc21. The highest BCUT2D eigenvalue weighted by Crippen LogP contribution is 2.47. The van der Waals surface area contributed by atoms with E-state index in [4.69, 9.17) is 0 Å². The zero-order valence-electron chi connectivity index (χ0n) is 14.3. The van der Waals surface area contributed by atoms with Crippen LogP contribution in [0.2, 0.25) is 0 Å². The van der Waals surface area contributed by atoms with Crippen LogP contribution in [-0.2, 0) is 0 Å². The molecule has 0 unspecified atom stereocenters. The standard InChI is InChI=1S/C22H28S/c1-2-3-4-5-6-7-8-13-18-19-14-9-11-16-21(19)23-22-17-12-10-15-20(18)22/h9-12,14-18H,2-8,13H2,1H3. The Bertz CT molecular complexity index is 571. The van der Waals surface area contributed by atoms with Crippen molar-refractivity contribution in [1.82, 2.24) is 0 Å². The number of hydrogen-bond donors (Lipinski definition) is 0. The Morgan fingerprint density at radius 2 is 1.22 bits per heavy atom. The van der Waals surface area contributed by atoms with E-state index in [2.05, 4.69) is 55.5 Å². The average Bonchev–Trinajstić information content (AvgIpc) is 2.60. The van der Waals surface area contributed by atoms with Crippen LogP contribution in [0.1, 0.15) is 75.3 Å². The number of fused-ring (bicyclic) bond motifs is 2. The summed E-state index contributed by atoms with van der Waals surface area (Å²) in [6.07, 6.45) is 11.0. The summed E-state index contributed by atoms with van der Waals surface area (Å²) in [6, 6.07) is 18.0. The first-order chi connectivity index (χ1) is 11.4. The van der Waals surface area contributed by atoms with Crippen LogP contribution in [0.5, 0.6) is 0 Å². The minimum absolute atomic E-state index is 0.597. The molecule has 122 valence electrons. The summed E-state index contributed by atoms with van der Waals surface area (Å²) >= 11 is 1.94. The predicted octanol–water partition coefficient (Wildman–Crippen LogP) is 7.42. The third-order valence-electron chi connectivity index (χ3n) is 4.91. The second kappa shape index (κ2) is 8.59. The van der Waals surface area contributed by atoms with Crippen LogP contribution in [0.3, 0.4) is 0 Å². The predicted molar refractivity (Wildman–Crippen MR) is 101 cm³/mol. The molecule has 0 saturated carbocycles. The van der Waals surface area contributed by atoms with Gasteiger partial charge in [0.15, 0.2) is 0 Å². The van der Waals surface area contributed by atoms with Gasteiger partial charge in [-0.15, -0.1) is 0 Å². The zero-order valence-corrected chi connectivity index (χ0v) is 15.1. The Hall–Kier alpha value is -1.21. The topological polar surface area (TPSA) is 0 Å². The van der Waals surface area contributed by atoms with Crippen LogP contribution >= 0.6 is 11.8 Å². The lowest BCUT2D eigenvalue weighted by Gasteiger charge is -2.28. The van der Waals surface area contributed by atoms with Gasteiger partial charge in [-0.1, -0.05) is 100 Å². The van der Waals surface area contributed by atoms with Crippen LogP contribution in [0.25, 0.3) is 0 Å². The van der Waals surface area contributed by atoms with Gasteiger partial charge in [-0.3, -0.25) is 0 Å². The molecule has 1 heterocycles. The van der Waals surface area contributed by atoms with E-state index in [1.165, 1.54) is 61.2 Å². The van der Waals surface area contributed by atoms with Gasteiger partial charge in [0.25, 0.3) is 0 Å². The van der Waals surface area contributed by atoms with E-state index in [1.54, 1.807) is 11.1 Å². The Balaban J connectivity index is 1.62. The third kappa shape index (κ3) is 4.20. The zero-order chi connectivity index (χ0) is 15.9. The molecule has 0 N–H and O–H groups in total. The van der Waals surface area contributed by atoms with Crippen molar-refractivity contribution in [2.24, 2.45) is 0 Å². The van der Waals surface area contributed by atoms with Crippen LogP contribution in [-0.4, -0.2) is 0 Å². The smallest absolute Gasteiger partial charge is 0.0160 e. The minimum atomic E-state index is 0.597. The van der Waals surface area contributed by atoms with Gasteiger partial charge in [0.2, 0.25) is 0 Å². The average molecular weight is 325 g/mol. The second-order valence-electron chi connectivity index (χ2n) is 6.64. The van der Waals surface area contributed by atoms with Gasteiger partial charge >= 0.3 is 0 Å². The lowest BCUT2D eigenvalue weighted by molar-refractivity contribution is 0.553. The fourth-order valence-corrected chi connectivity index (χ4v) is 4.81. The molecule has 1 heteroatoms. The summed E-state index contributed by atoms with van der Waals surface area (Å²) in [6.45, 7) is 2.29. The van der Waals surface area contributed by atoms with Crippen molar-refractivity contribution in [3.05, 3.63) is 59.7 Å². The number of benzene rings is 2. The molecule has 0 saturated heterocycles. The molecular weight excluding hydrogens is 296 g/mol. The molecule has 0 nitrogen and oxygen atoms in total. The molecular formula is C22H28S. The minimum Gasteiger partial charge on any atom is -0.0895 e. The summed E-state index contributed by atoms with van der Waals surface area (Å²) in [5.41, 5.74) is 3.09. The Kier molecular flexibility index (Phi) is 6.21. The summed E-state index contributed by atoms with van der Waals surface area (Å²) in [7, 11) is 0. The molecule has 0 bridgehead atoms. The van der Waals surface area contributed by atoms with Crippen molar-refractivity contribution in [2.75, 3.05) is 0 Å². The number of unbranched alkanes of at least 4 members (excludes halogenated alkanes) is 6. The third-order valence-corrected chi connectivity index (χ3v) is 6.09. The normalized spacial score (nSPS) is 13.6. The van der Waals surface area contributed by atoms with Gasteiger partial charge in [-0.05, 0) is 29.7 Å². The largest absolute Gasteiger partial charge is 0.0895 e. The molecule has 0 fully saturated rings. The molecule has 0 atom stereocenters. The molecule has 0 amide bonds. The Morgan fingerprint density at radius 3 is 1.83 bits per heavy atom. The monoisotopic (exact) mass is 324 g/mol. The van der Waals surface area contributed by atoms with E-state index < -0.39 is 0 Å². The number of rotatable bonds is 8. The first-order valence-electron chi connectivity index (χ1n) is 9.26. The van der Waals surface area contributed by atoms with Gasteiger partial charge < -0.3 is 0 Å². The van der Waals surface area contributed by atoms with Crippen LogP contribution in [0.15, 0.2) is 58.3 Å². The van der Waals surface area contributed by atoms with Crippen molar-refractivity contribution < 1.29 is 0 Å². The fraction of sp³-hybridized carbons (Fsp3) is 0.455. The first kappa shape index (κ1) is 16.6. The molecule has 0 aliphatic carbocycles. The molecule has 1 aliphatic rings. The lowest BCUT2D eigenvalue weighted by Crippen LogP contribution is -2.08. The van der Waals surface area contributed by atoms with Gasteiger partial charge in [0.05, 0.1) is 0 Å². The van der Waals surface area contributed by atoms with Crippen LogP contribution in [0, 0.1) is 0 Å². The molecule has 23 heavy (non-hydrogen) atoms. The van der Waals surface area contributed by atoms with E-state index in [1.807, 2.05) is 11.8 Å². The highest BCUT2D eigenvalue weighted by atomic mass is 32.2.